The van der Waals surface area contributed by atoms with Gasteiger partial charge in [0, 0.05) is 31.4 Å². The predicted molar refractivity (Wildman–Crippen MR) is 73.5 cm³/mol. The van der Waals surface area contributed by atoms with Crippen molar-refractivity contribution in [3.8, 4) is 5.75 Å². The van der Waals surface area contributed by atoms with E-state index in [0.717, 1.165) is 0 Å². The van der Waals surface area contributed by atoms with E-state index in [-0.39, 0.29) is 5.91 Å². The van der Waals surface area contributed by atoms with E-state index in [4.69, 9.17) is 16.3 Å². The van der Waals surface area contributed by atoms with Crippen molar-refractivity contribution in [1.82, 2.24) is 9.78 Å². The largest absolute Gasteiger partial charge is 0.497 e. The Morgan fingerprint density at radius 1 is 1.53 bits per heavy atom. The summed E-state index contributed by atoms with van der Waals surface area (Å²) in [4.78, 5) is 11.8. The normalized spacial score (nSPS) is 10.2. The van der Waals surface area contributed by atoms with Crippen molar-refractivity contribution in [2.75, 3.05) is 12.4 Å². The number of benzene rings is 1. The van der Waals surface area contributed by atoms with E-state index < -0.39 is 0 Å². The number of carbonyl (C=O) groups excluding carboxylic acids is 1. The SMILES string of the molecule is COc1ccc(NC(=O)CCn2cccn2)c(Cl)c1. The molecule has 1 aromatic carbocycles. The van der Waals surface area contributed by atoms with E-state index in [1.807, 2.05) is 12.3 Å². The molecular formula is C13H14ClN3O2. The predicted octanol–water partition coefficient (Wildman–Crippen LogP) is 2.57. The number of hydrogen-bond acceptors (Lipinski definition) is 3. The third-order valence-electron chi connectivity index (χ3n) is 2.58. The number of hydrogen-bond donors (Lipinski definition) is 1. The molecule has 1 aromatic heterocycles. The molecule has 0 saturated carbocycles. The second-order valence-corrected chi connectivity index (χ2v) is 4.32. The van der Waals surface area contributed by atoms with Crippen LogP contribution in [0.5, 0.6) is 5.75 Å². The summed E-state index contributed by atoms with van der Waals surface area (Å²) in [5.41, 5.74) is 0.577. The number of ether oxygens (including phenoxy) is 1. The maximum absolute atomic E-state index is 11.8. The van der Waals surface area contributed by atoms with Gasteiger partial charge in [0.05, 0.1) is 17.8 Å². The zero-order chi connectivity index (χ0) is 13.7. The Kier molecular flexibility index (Phi) is 4.41. The second kappa shape index (κ2) is 6.24. The van der Waals surface area contributed by atoms with Crippen LogP contribution in [0.3, 0.4) is 0 Å². The van der Waals surface area contributed by atoms with Crippen LogP contribution >= 0.6 is 11.6 Å². The smallest absolute Gasteiger partial charge is 0.226 e. The first-order valence-corrected chi connectivity index (χ1v) is 6.17. The fourth-order valence-electron chi connectivity index (χ4n) is 1.59. The first-order chi connectivity index (χ1) is 9.19. The highest BCUT2D eigenvalue weighted by atomic mass is 35.5. The van der Waals surface area contributed by atoms with Crippen molar-refractivity contribution >= 4 is 23.2 Å². The van der Waals surface area contributed by atoms with Gasteiger partial charge in [-0.2, -0.15) is 5.10 Å². The van der Waals surface area contributed by atoms with E-state index in [0.29, 0.717) is 29.4 Å². The van der Waals surface area contributed by atoms with Gasteiger partial charge in [-0.1, -0.05) is 11.6 Å². The molecule has 0 spiro atoms. The highest BCUT2D eigenvalue weighted by molar-refractivity contribution is 6.33. The molecule has 2 aromatic rings. The number of carbonyl (C=O) groups is 1. The molecule has 1 heterocycles. The van der Waals surface area contributed by atoms with Crippen molar-refractivity contribution in [2.24, 2.45) is 0 Å². The molecule has 2 rings (SSSR count). The number of methoxy groups -OCH3 is 1. The van der Waals surface area contributed by atoms with Gasteiger partial charge in [-0.05, 0) is 18.2 Å². The van der Waals surface area contributed by atoms with Crippen LogP contribution in [0, 0.1) is 0 Å². The molecule has 1 N–H and O–H groups in total. The summed E-state index contributed by atoms with van der Waals surface area (Å²) in [7, 11) is 1.56. The fourth-order valence-corrected chi connectivity index (χ4v) is 1.80. The van der Waals surface area contributed by atoms with Gasteiger partial charge in [0.15, 0.2) is 0 Å². The van der Waals surface area contributed by atoms with Crippen LogP contribution in [0.2, 0.25) is 5.02 Å². The minimum atomic E-state index is -0.109. The Morgan fingerprint density at radius 2 is 2.37 bits per heavy atom. The van der Waals surface area contributed by atoms with E-state index in [2.05, 4.69) is 10.4 Å². The van der Waals surface area contributed by atoms with Crippen molar-refractivity contribution in [3.63, 3.8) is 0 Å². The van der Waals surface area contributed by atoms with Crippen LogP contribution in [0.25, 0.3) is 0 Å². The summed E-state index contributed by atoms with van der Waals surface area (Å²) in [6.45, 7) is 0.534. The summed E-state index contributed by atoms with van der Waals surface area (Å²) in [6, 6.07) is 6.94. The van der Waals surface area contributed by atoms with E-state index in [1.165, 1.54) is 0 Å². The molecule has 5 nitrogen and oxygen atoms in total. The molecule has 6 heteroatoms. The monoisotopic (exact) mass is 279 g/mol. The average Bonchev–Trinajstić information content (AvgIpc) is 2.92. The van der Waals surface area contributed by atoms with Gasteiger partial charge in [-0.15, -0.1) is 0 Å². The molecule has 1 amide bonds. The van der Waals surface area contributed by atoms with Gasteiger partial charge in [0.25, 0.3) is 0 Å². The quantitative estimate of drug-likeness (QED) is 0.915. The van der Waals surface area contributed by atoms with Crippen LogP contribution < -0.4 is 10.1 Å². The maximum Gasteiger partial charge on any atom is 0.226 e. The zero-order valence-electron chi connectivity index (χ0n) is 10.5. The number of amides is 1. The van der Waals surface area contributed by atoms with Crippen LogP contribution in [-0.4, -0.2) is 22.8 Å². The molecule has 0 saturated heterocycles. The Balaban J connectivity index is 1.91. The lowest BCUT2D eigenvalue weighted by Gasteiger charge is -2.08. The lowest BCUT2D eigenvalue weighted by molar-refractivity contribution is -0.116. The lowest BCUT2D eigenvalue weighted by Crippen LogP contribution is -2.14. The minimum Gasteiger partial charge on any atom is -0.497 e. The topological polar surface area (TPSA) is 56.1 Å². The Morgan fingerprint density at radius 3 is 3.00 bits per heavy atom. The number of anilines is 1. The standard InChI is InChI=1S/C13H14ClN3O2/c1-19-10-3-4-12(11(14)9-10)16-13(18)5-8-17-7-2-6-15-17/h2-4,6-7,9H,5,8H2,1H3,(H,16,18). The van der Waals surface area contributed by atoms with Crippen molar-refractivity contribution < 1.29 is 9.53 Å². The summed E-state index contributed by atoms with van der Waals surface area (Å²) < 4.78 is 6.75. The molecule has 0 radical (unpaired) electrons. The van der Waals surface area contributed by atoms with Crippen LogP contribution in [-0.2, 0) is 11.3 Å². The van der Waals surface area contributed by atoms with Crippen LogP contribution in [0.15, 0.2) is 36.7 Å². The summed E-state index contributed by atoms with van der Waals surface area (Å²) >= 11 is 6.04. The van der Waals surface area contributed by atoms with Gasteiger partial charge in [-0.3, -0.25) is 9.48 Å². The van der Waals surface area contributed by atoms with Gasteiger partial charge < -0.3 is 10.1 Å². The minimum absolute atomic E-state index is 0.109. The van der Waals surface area contributed by atoms with Crippen molar-refractivity contribution in [2.45, 2.75) is 13.0 Å². The average molecular weight is 280 g/mol. The molecule has 19 heavy (non-hydrogen) atoms. The second-order valence-electron chi connectivity index (χ2n) is 3.91. The highest BCUT2D eigenvalue weighted by Crippen LogP contribution is 2.26. The number of nitrogens with zero attached hydrogens (tertiary/aromatic N) is 2. The third-order valence-corrected chi connectivity index (χ3v) is 2.89. The first-order valence-electron chi connectivity index (χ1n) is 5.80. The summed E-state index contributed by atoms with van der Waals surface area (Å²) in [5.74, 6) is 0.544. The summed E-state index contributed by atoms with van der Waals surface area (Å²) in [5, 5.41) is 7.24. The van der Waals surface area contributed by atoms with E-state index in [1.54, 1.807) is 36.2 Å². The molecular weight excluding hydrogens is 266 g/mol. The first kappa shape index (κ1) is 13.4. The van der Waals surface area contributed by atoms with Crippen LogP contribution in [0.1, 0.15) is 6.42 Å². The number of nitrogens with one attached hydrogen (secondary N) is 1. The molecule has 0 aliphatic carbocycles. The van der Waals surface area contributed by atoms with Gasteiger partial charge >= 0.3 is 0 Å². The van der Waals surface area contributed by atoms with Gasteiger partial charge in [0.2, 0.25) is 5.91 Å². The Bertz CT molecular complexity index is 555. The van der Waals surface area contributed by atoms with E-state index in [9.17, 15) is 4.79 Å². The highest BCUT2D eigenvalue weighted by Gasteiger charge is 2.07. The number of rotatable bonds is 5. The number of aryl methyl sites for hydroxylation is 1. The lowest BCUT2D eigenvalue weighted by atomic mass is 10.3. The Labute approximate surface area is 116 Å². The summed E-state index contributed by atoms with van der Waals surface area (Å²) in [6.07, 6.45) is 3.83. The molecule has 0 fully saturated rings. The molecule has 0 atom stereocenters. The third kappa shape index (κ3) is 3.72. The number of halogens is 1. The zero-order valence-corrected chi connectivity index (χ0v) is 11.2. The molecule has 0 unspecified atom stereocenters. The maximum atomic E-state index is 11.8. The Hall–Kier alpha value is -2.01. The fraction of sp³-hybridized carbons (Fsp3) is 0.231. The van der Waals surface area contributed by atoms with Crippen molar-refractivity contribution in [3.05, 3.63) is 41.7 Å². The molecule has 100 valence electrons. The molecule has 0 bridgehead atoms. The number of aromatic nitrogens is 2. The van der Waals surface area contributed by atoms with Gasteiger partial charge in [-0.25, -0.2) is 0 Å². The van der Waals surface area contributed by atoms with Gasteiger partial charge in [0.1, 0.15) is 5.75 Å². The van der Waals surface area contributed by atoms with E-state index >= 15 is 0 Å². The molecule has 0 aliphatic heterocycles. The molecule has 0 aliphatic rings. The van der Waals surface area contributed by atoms with Crippen molar-refractivity contribution in [1.29, 1.82) is 0 Å². The van der Waals surface area contributed by atoms with Crippen LogP contribution in [0.4, 0.5) is 5.69 Å².